The highest BCUT2D eigenvalue weighted by molar-refractivity contribution is 5.33. The van der Waals surface area contributed by atoms with Crippen LogP contribution < -0.4 is 10.5 Å². The Hall–Kier alpha value is -1.02. The van der Waals surface area contributed by atoms with Crippen molar-refractivity contribution >= 4 is 0 Å². The van der Waals surface area contributed by atoms with Crippen LogP contribution in [0.1, 0.15) is 37.7 Å². The fraction of sp³-hybridized carbons (Fsp3) is 0.538. The quantitative estimate of drug-likeness (QED) is 0.805. The molecule has 0 saturated heterocycles. The van der Waals surface area contributed by atoms with Crippen LogP contribution in [0.5, 0.6) is 5.75 Å². The lowest BCUT2D eigenvalue weighted by Crippen LogP contribution is -2.38. The smallest absolute Gasteiger partial charge is 0.119 e. The first-order chi connectivity index (χ1) is 7.24. The molecule has 0 amide bonds. The molecule has 0 unspecified atom stereocenters. The van der Waals surface area contributed by atoms with Crippen LogP contribution in [0.4, 0.5) is 0 Å². The zero-order valence-electron chi connectivity index (χ0n) is 9.33. The molecule has 1 aliphatic rings. The van der Waals surface area contributed by atoms with Crippen LogP contribution in [0.15, 0.2) is 24.3 Å². The van der Waals surface area contributed by atoms with Crippen LogP contribution >= 0.6 is 0 Å². The Kier molecular flexibility index (Phi) is 2.96. The molecule has 0 spiro atoms. The van der Waals surface area contributed by atoms with Gasteiger partial charge in [-0.15, -0.1) is 0 Å². The number of ether oxygens (including phenoxy) is 1. The summed E-state index contributed by atoms with van der Waals surface area (Å²) < 4.78 is 5.24. The van der Waals surface area contributed by atoms with Gasteiger partial charge in [0.05, 0.1) is 7.11 Å². The maximum absolute atomic E-state index is 6.45. The number of nitrogens with two attached hydrogens (primary N) is 1. The SMILES string of the molecule is COc1cccc(C2(N)CCCCC2)c1. The Labute approximate surface area is 91.4 Å². The predicted molar refractivity (Wildman–Crippen MR) is 61.9 cm³/mol. The van der Waals surface area contributed by atoms with E-state index in [1.165, 1.54) is 24.8 Å². The van der Waals surface area contributed by atoms with Gasteiger partial charge in [0.2, 0.25) is 0 Å². The summed E-state index contributed by atoms with van der Waals surface area (Å²) in [4.78, 5) is 0. The lowest BCUT2D eigenvalue weighted by molar-refractivity contribution is 0.301. The minimum Gasteiger partial charge on any atom is -0.497 e. The molecule has 1 aliphatic carbocycles. The first-order valence-electron chi connectivity index (χ1n) is 5.68. The van der Waals surface area contributed by atoms with E-state index in [-0.39, 0.29) is 5.54 Å². The second kappa shape index (κ2) is 4.23. The highest BCUT2D eigenvalue weighted by Crippen LogP contribution is 2.35. The van der Waals surface area contributed by atoms with Gasteiger partial charge in [0.1, 0.15) is 5.75 Å². The highest BCUT2D eigenvalue weighted by Gasteiger charge is 2.29. The van der Waals surface area contributed by atoms with E-state index in [4.69, 9.17) is 10.5 Å². The van der Waals surface area contributed by atoms with E-state index in [2.05, 4.69) is 12.1 Å². The number of hydrogen-bond donors (Lipinski definition) is 1. The van der Waals surface area contributed by atoms with E-state index in [1.54, 1.807) is 7.11 Å². The third-order valence-electron chi connectivity index (χ3n) is 3.39. The van der Waals surface area contributed by atoms with Gasteiger partial charge in [-0.25, -0.2) is 0 Å². The Bertz CT molecular complexity index is 329. The molecule has 0 aliphatic heterocycles. The third kappa shape index (κ3) is 2.15. The zero-order valence-corrected chi connectivity index (χ0v) is 9.33. The van der Waals surface area contributed by atoms with Gasteiger partial charge in [-0.2, -0.15) is 0 Å². The van der Waals surface area contributed by atoms with E-state index < -0.39 is 0 Å². The molecule has 1 aromatic carbocycles. The lowest BCUT2D eigenvalue weighted by atomic mass is 9.77. The average Bonchev–Trinajstić information content (AvgIpc) is 2.30. The molecule has 1 aromatic rings. The zero-order chi connectivity index (χ0) is 10.7. The van der Waals surface area contributed by atoms with Crippen LogP contribution in [0.3, 0.4) is 0 Å². The van der Waals surface area contributed by atoms with Crippen molar-refractivity contribution in [2.45, 2.75) is 37.6 Å². The summed E-state index contributed by atoms with van der Waals surface area (Å²) in [5.74, 6) is 0.905. The van der Waals surface area contributed by atoms with Crippen molar-refractivity contribution in [3.8, 4) is 5.75 Å². The van der Waals surface area contributed by atoms with Crippen LogP contribution in [-0.2, 0) is 5.54 Å². The van der Waals surface area contributed by atoms with Crippen molar-refractivity contribution in [2.24, 2.45) is 5.73 Å². The fourth-order valence-corrected chi connectivity index (χ4v) is 2.40. The normalized spacial score (nSPS) is 19.9. The van der Waals surface area contributed by atoms with Gasteiger partial charge in [0.15, 0.2) is 0 Å². The average molecular weight is 205 g/mol. The first-order valence-corrected chi connectivity index (χ1v) is 5.68. The van der Waals surface area contributed by atoms with E-state index in [1.807, 2.05) is 12.1 Å². The molecule has 1 fully saturated rings. The molecule has 2 nitrogen and oxygen atoms in total. The molecule has 15 heavy (non-hydrogen) atoms. The number of rotatable bonds is 2. The molecule has 2 heteroatoms. The van der Waals surface area contributed by atoms with E-state index >= 15 is 0 Å². The van der Waals surface area contributed by atoms with Crippen molar-refractivity contribution in [2.75, 3.05) is 7.11 Å². The molecule has 1 saturated carbocycles. The summed E-state index contributed by atoms with van der Waals surface area (Å²) in [6.07, 6.45) is 6.00. The van der Waals surface area contributed by atoms with Gasteiger partial charge in [0.25, 0.3) is 0 Å². The predicted octanol–water partition coefficient (Wildman–Crippen LogP) is 2.81. The maximum Gasteiger partial charge on any atom is 0.119 e. The van der Waals surface area contributed by atoms with Crippen molar-refractivity contribution in [1.82, 2.24) is 0 Å². The van der Waals surface area contributed by atoms with Crippen molar-refractivity contribution < 1.29 is 4.74 Å². The molecule has 82 valence electrons. The summed E-state index contributed by atoms with van der Waals surface area (Å²) in [6, 6.07) is 8.19. The molecule has 0 aromatic heterocycles. The molecule has 0 heterocycles. The Morgan fingerprint density at radius 3 is 2.60 bits per heavy atom. The summed E-state index contributed by atoms with van der Waals surface area (Å²) >= 11 is 0. The Balaban J connectivity index is 2.26. The van der Waals surface area contributed by atoms with E-state index in [0.717, 1.165) is 18.6 Å². The topological polar surface area (TPSA) is 35.2 Å². The van der Waals surface area contributed by atoms with Crippen molar-refractivity contribution in [3.63, 3.8) is 0 Å². The second-order valence-corrected chi connectivity index (χ2v) is 4.45. The van der Waals surface area contributed by atoms with Gasteiger partial charge >= 0.3 is 0 Å². The fourth-order valence-electron chi connectivity index (χ4n) is 2.40. The summed E-state index contributed by atoms with van der Waals surface area (Å²) in [5.41, 5.74) is 7.55. The monoisotopic (exact) mass is 205 g/mol. The van der Waals surface area contributed by atoms with Crippen molar-refractivity contribution in [3.05, 3.63) is 29.8 Å². The van der Waals surface area contributed by atoms with E-state index in [9.17, 15) is 0 Å². The van der Waals surface area contributed by atoms with E-state index in [0.29, 0.717) is 0 Å². The molecular formula is C13H19NO. The molecule has 2 rings (SSSR count). The first kappa shape index (κ1) is 10.5. The van der Waals surface area contributed by atoms with Gasteiger partial charge in [-0.3, -0.25) is 0 Å². The van der Waals surface area contributed by atoms with Crippen molar-refractivity contribution in [1.29, 1.82) is 0 Å². The Morgan fingerprint density at radius 1 is 1.20 bits per heavy atom. The number of methoxy groups -OCH3 is 1. The molecule has 0 radical (unpaired) electrons. The van der Waals surface area contributed by atoms with Crippen LogP contribution in [0.25, 0.3) is 0 Å². The van der Waals surface area contributed by atoms with Crippen LogP contribution in [0.2, 0.25) is 0 Å². The number of hydrogen-bond acceptors (Lipinski definition) is 2. The Morgan fingerprint density at radius 2 is 1.93 bits per heavy atom. The van der Waals surface area contributed by atoms with Crippen LogP contribution in [-0.4, -0.2) is 7.11 Å². The summed E-state index contributed by atoms with van der Waals surface area (Å²) in [5, 5.41) is 0. The molecule has 2 N–H and O–H groups in total. The molecule has 0 atom stereocenters. The maximum atomic E-state index is 6.45. The number of benzene rings is 1. The molecule has 0 bridgehead atoms. The summed E-state index contributed by atoms with van der Waals surface area (Å²) in [7, 11) is 1.70. The minimum absolute atomic E-state index is 0.118. The van der Waals surface area contributed by atoms with Gasteiger partial charge < -0.3 is 10.5 Å². The molecular weight excluding hydrogens is 186 g/mol. The third-order valence-corrected chi connectivity index (χ3v) is 3.39. The minimum atomic E-state index is -0.118. The van der Waals surface area contributed by atoms with Gasteiger partial charge in [-0.05, 0) is 30.5 Å². The largest absolute Gasteiger partial charge is 0.497 e. The van der Waals surface area contributed by atoms with Gasteiger partial charge in [-0.1, -0.05) is 31.4 Å². The van der Waals surface area contributed by atoms with Gasteiger partial charge in [0, 0.05) is 5.54 Å². The summed E-state index contributed by atoms with van der Waals surface area (Å²) in [6.45, 7) is 0. The van der Waals surface area contributed by atoms with Crippen LogP contribution in [0, 0.1) is 0 Å². The second-order valence-electron chi connectivity index (χ2n) is 4.45. The lowest BCUT2D eigenvalue weighted by Gasteiger charge is -2.34. The standard InChI is InChI=1S/C13H19NO/c1-15-12-7-5-6-11(10-12)13(14)8-3-2-4-9-13/h5-7,10H,2-4,8-9,14H2,1H3. The highest BCUT2D eigenvalue weighted by atomic mass is 16.5.